The first kappa shape index (κ1) is 19.5. The quantitative estimate of drug-likeness (QED) is 0.754. The van der Waals surface area contributed by atoms with E-state index in [-0.39, 0.29) is 12.5 Å². The molecule has 0 N–H and O–H groups in total. The summed E-state index contributed by atoms with van der Waals surface area (Å²) in [5, 5.41) is 0.902. The SMILES string of the molecule is COc1cc(N2CCN(C(=O)COc3ccc(Cl)cc3Cl)CC2)nc(C)n1. The Morgan fingerprint density at radius 1 is 1.15 bits per heavy atom. The second-order valence-electron chi connectivity index (χ2n) is 6.05. The summed E-state index contributed by atoms with van der Waals surface area (Å²) in [5.74, 6) is 2.34. The lowest BCUT2D eigenvalue weighted by Crippen LogP contribution is -2.50. The lowest BCUT2D eigenvalue weighted by atomic mass is 10.3. The molecular weight excluding hydrogens is 391 g/mol. The summed E-state index contributed by atoms with van der Waals surface area (Å²) in [5.41, 5.74) is 0. The van der Waals surface area contributed by atoms with E-state index in [1.807, 2.05) is 6.92 Å². The molecule has 1 aromatic heterocycles. The van der Waals surface area contributed by atoms with Crippen molar-refractivity contribution in [3.8, 4) is 11.6 Å². The van der Waals surface area contributed by atoms with Crippen LogP contribution in [0.2, 0.25) is 10.0 Å². The minimum absolute atomic E-state index is 0.0677. The molecular formula is C18H20Cl2N4O3. The largest absolute Gasteiger partial charge is 0.482 e. The predicted octanol–water partition coefficient (Wildman–Crippen LogP) is 2.83. The fourth-order valence-corrected chi connectivity index (χ4v) is 3.26. The lowest BCUT2D eigenvalue weighted by molar-refractivity contribution is -0.133. The predicted molar refractivity (Wildman–Crippen MR) is 104 cm³/mol. The van der Waals surface area contributed by atoms with Crippen LogP contribution in [0.4, 0.5) is 5.82 Å². The van der Waals surface area contributed by atoms with E-state index in [9.17, 15) is 4.79 Å². The van der Waals surface area contributed by atoms with Crippen LogP contribution in [0.3, 0.4) is 0 Å². The van der Waals surface area contributed by atoms with Crippen LogP contribution in [0.5, 0.6) is 11.6 Å². The summed E-state index contributed by atoms with van der Waals surface area (Å²) in [6, 6.07) is 6.71. The van der Waals surface area contributed by atoms with Crippen LogP contribution in [0.1, 0.15) is 5.82 Å². The van der Waals surface area contributed by atoms with Crippen molar-refractivity contribution in [2.75, 3.05) is 44.8 Å². The van der Waals surface area contributed by atoms with E-state index in [4.69, 9.17) is 32.7 Å². The zero-order valence-corrected chi connectivity index (χ0v) is 16.6. The number of hydrogen-bond acceptors (Lipinski definition) is 6. The average molecular weight is 411 g/mol. The fourth-order valence-electron chi connectivity index (χ4n) is 2.80. The number of carbonyl (C=O) groups is 1. The van der Waals surface area contributed by atoms with Gasteiger partial charge in [0.25, 0.3) is 5.91 Å². The Labute approximate surface area is 167 Å². The van der Waals surface area contributed by atoms with Gasteiger partial charge in [0.1, 0.15) is 17.4 Å². The first-order valence-electron chi connectivity index (χ1n) is 8.46. The van der Waals surface area contributed by atoms with E-state index in [2.05, 4.69) is 14.9 Å². The fraction of sp³-hybridized carbons (Fsp3) is 0.389. The van der Waals surface area contributed by atoms with E-state index in [1.165, 1.54) is 0 Å². The molecule has 7 nitrogen and oxygen atoms in total. The molecule has 3 rings (SSSR count). The molecule has 1 aliphatic heterocycles. The van der Waals surface area contributed by atoms with Crippen molar-refractivity contribution in [2.45, 2.75) is 6.92 Å². The van der Waals surface area contributed by atoms with Gasteiger partial charge < -0.3 is 19.3 Å². The molecule has 2 heterocycles. The van der Waals surface area contributed by atoms with Crippen molar-refractivity contribution in [3.05, 3.63) is 40.1 Å². The number of ether oxygens (including phenoxy) is 2. The molecule has 1 amide bonds. The third kappa shape index (κ3) is 4.93. The minimum Gasteiger partial charge on any atom is -0.482 e. The van der Waals surface area contributed by atoms with E-state index < -0.39 is 0 Å². The van der Waals surface area contributed by atoms with Gasteiger partial charge in [-0.2, -0.15) is 4.98 Å². The summed E-state index contributed by atoms with van der Waals surface area (Å²) in [6.07, 6.45) is 0. The van der Waals surface area contributed by atoms with Gasteiger partial charge in [0.05, 0.1) is 12.1 Å². The maximum atomic E-state index is 12.4. The molecule has 1 fully saturated rings. The number of anilines is 1. The number of halogens is 2. The lowest BCUT2D eigenvalue weighted by Gasteiger charge is -2.35. The second-order valence-corrected chi connectivity index (χ2v) is 6.89. The molecule has 0 spiro atoms. The molecule has 0 saturated carbocycles. The summed E-state index contributed by atoms with van der Waals surface area (Å²) in [6.45, 7) is 4.27. The van der Waals surface area contributed by atoms with Crippen molar-refractivity contribution in [1.29, 1.82) is 0 Å². The number of nitrogens with zero attached hydrogens (tertiary/aromatic N) is 4. The standard InChI is InChI=1S/C18H20Cl2N4O3/c1-12-21-16(10-17(22-12)26-2)23-5-7-24(8-6-23)18(25)11-27-15-4-3-13(19)9-14(15)20/h3-4,9-10H,5-8,11H2,1-2H3. The zero-order chi connectivity index (χ0) is 19.4. The van der Waals surface area contributed by atoms with Crippen molar-refractivity contribution in [1.82, 2.24) is 14.9 Å². The number of carbonyl (C=O) groups excluding carboxylic acids is 1. The first-order chi connectivity index (χ1) is 13.0. The summed E-state index contributed by atoms with van der Waals surface area (Å²) < 4.78 is 10.7. The van der Waals surface area contributed by atoms with Gasteiger partial charge in [-0.25, -0.2) is 4.98 Å². The van der Waals surface area contributed by atoms with Crippen LogP contribution in [0.15, 0.2) is 24.3 Å². The van der Waals surface area contributed by atoms with Gasteiger partial charge in [-0.15, -0.1) is 0 Å². The number of hydrogen-bond donors (Lipinski definition) is 0. The molecule has 0 radical (unpaired) electrons. The average Bonchev–Trinajstić information content (AvgIpc) is 2.66. The molecule has 144 valence electrons. The third-order valence-corrected chi connectivity index (χ3v) is 4.74. The Morgan fingerprint density at radius 3 is 2.56 bits per heavy atom. The van der Waals surface area contributed by atoms with Crippen LogP contribution in [-0.4, -0.2) is 60.7 Å². The van der Waals surface area contributed by atoms with Crippen LogP contribution < -0.4 is 14.4 Å². The number of amides is 1. The van der Waals surface area contributed by atoms with Gasteiger partial charge in [-0.05, 0) is 25.1 Å². The topological polar surface area (TPSA) is 67.8 Å². The Hall–Kier alpha value is -2.25. The Kier molecular flexibility index (Phi) is 6.23. The highest BCUT2D eigenvalue weighted by Gasteiger charge is 2.23. The summed E-state index contributed by atoms with van der Waals surface area (Å²) in [4.78, 5) is 24.9. The first-order valence-corrected chi connectivity index (χ1v) is 9.22. The van der Waals surface area contributed by atoms with Crippen LogP contribution in [-0.2, 0) is 4.79 Å². The van der Waals surface area contributed by atoms with Gasteiger partial charge in [0.15, 0.2) is 6.61 Å². The molecule has 27 heavy (non-hydrogen) atoms. The van der Waals surface area contributed by atoms with Crippen molar-refractivity contribution >= 4 is 34.9 Å². The van der Waals surface area contributed by atoms with Crippen molar-refractivity contribution < 1.29 is 14.3 Å². The highest BCUT2D eigenvalue weighted by molar-refractivity contribution is 6.35. The molecule has 0 atom stereocenters. The monoisotopic (exact) mass is 410 g/mol. The van der Waals surface area contributed by atoms with Gasteiger partial charge >= 0.3 is 0 Å². The van der Waals surface area contributed by atoms with Gasteiger partial charge in [0.2, 0.25) is 5.88 Å². The van der Waals surface area contributed by atoms with E-state index in [0.29, 0.717) is 53.7 Å². The number of piperazine rings is 1. The van der Waals surface area contributed by atoms with E-state index in [1.54, 1.807) is 36.3 Å². The Morgan fingerprint density at radius 2 is 1.89 bits per heavy atom. The normalized spacial score (nSPS) is 14.2. The highest BCUT2D eigenvalue weighted by Crippen LogP contribution is 2.27. The minimum atomic E-state index is -0.0860. The molecule has 0 unspecified atom stereocenters. The number of aryl methyl sites for hydroxylation is 1. The van der Waals surface area contributed by atoms with Crippen molar-refractivity contribution in [3.63, 3.8) is 0 Å². The van der Waals surface area contributed by atoms with E-state index >= 15 is 0 Å². The second kappa shape index (κ2) is 8.63. The number of benzene rings is 1. The molecule has 9 heteroatoms. The zero-order valence-electron chi connectivity index (χ0n) is 15.1. The van der Waals surface area contributed by atoms with Crippen LogP contribution in [0, 0.1) is 6.92 Å². The Bertz CT molecular complexity index is 826. The molecule has 1 saturated heterocycles. The van der Waals surface area contributed by atoms with Crippen LogP contribution >= 0.6 is 23.2 Å². The number of methoxy groups -OCH3 is 1. The number of aromatic nitrogens is 2. The van der Waals surface area contributed by atoms with Gasteiger partial charge in [-0.3, -0.25) is 4.79 Å². The smallest absolute Gasteiger partial charge is 0.260 e. The van der Waals surface area contributed by atoms with Crippen molar-refractivity contribution in [2.24, 2.45) is 0 Å². The van der Waals surface area contributed by atoms with E-state index in [0.717, 1.165) is 5.82 Å². The number of rotatable bonds is 5. The third-order valence-electron chi connectivity index (χ3n) is 4.21. The molecule has 0 aliphatic carbocycles. The molecule has 1 aliphatic rings. The van der Waals surface area contributed by atoms with Gasteiger partial charge in [-0.1, -0.05) is 23.2 Å². The van der Waals surface area contributed by atoms with Gasteiger partial charge in [0, 0.05) is 37.3 Å². The summed E-state index contributed by atoms with van der Waals surface area (Å²) >= 11 is 11.9. The molecule has 0 bridgehead atoms. The molecule has 2 aromatic rings. The maximum absolute atomic E-state index is 12.4. The molecule has 1 aromatic carbocycles. The maximum Gasteiger partial charge on any atom is 0.260 e. The van der Waals surface area contributed by atoms with Crippen LogP contribution in [0.25, 0.3) is 0 Å². The summed E-state index contributed by atoms with van der Waals surface area (Å²) in [7, 11) is 1.58. The Balaban J connectivity index is 1.54. The highest BCUT2D eigenvalue weighted by atomic mass is 35.5.